The van der Waals surface area contributed by atoms with Crippen LogP contribution < -0.4 is 5.14 Å². The number of Topliss-reactive ketones (excluding diaryl/α,β-unsaturated/α-hetero) is 1. The molecular weight excluding hydrogens is 154 g/mol. The van der Waals surface area contributed by atoms with E-state index in [2.05, 4.69) is 0 Å². The van der Waals surface area contributed by atoms with Gasteiger partial charge in [-0.3, -0.25) is 4.79 Å². The van der Waals surface area contributed by atoms with Gasteiger partial charge in [0.25, 0.3) is 0 Å². The molecule has 0 amide bonds. The summed E-state index contributed by atoms with van der Waals surface area (Å²) in [6.07, 6.45) is 1.19. The molecule has 0 heterocycles. The highest BCUT2D eigenvalue weighted by Crippen LogP contribution is 2.22. The quantitative estimate of drug-likeness (QED) is 0.582. The lowest BCUT2D eigenvalue weighted by atomic mass is 9.86. The van der Waals surface area contributed by atoms with Gasteiger partial charge in [-0.15, -0.1) is 0 Å². The average Bonchev–Trinajstić information content (AvgIpc) is 1.78. The Bertz CT molecular complexity index is 244. The molecule has 2 N–H and O–H groups in total. The fraction of sp³-hybridized carbons (Fsp3) is 0.800. The van der Waals surface area contributed by atoms with E-state index in [0.29, 0.717) is 12.8 Å². The zero-order valence-electron chi connectivity index (χ0n) is 5.41. The molecule has 4 nitrogen and oxygen atoms in total. The van der Waals surface area contributed by atoms with Crippen LogP contribution in [0.25, 0.3) is 0 Å². The highest BCUT2D eigenvalue weighted by atomic mass is 32.2. The van der Waals surface area contributed by atoms with Crippen LogP contribution in [0.1, 0.15) is 12.8 Å². The number of primary sulfonamides is 1. The first-order valence-corrected chi connectivity index (χ1v) is 4.74. The minimum absolute atomic E-state index is 0.0222. The number of carbonyl (C=O) groups excluding carboxylic acids is 1. The van der Waals surface area contributed by atoms with Crippen LogP contribution in [0.4, 0.5) is 0 Å². The predicted molar refractivity (Wildman–Crippen MR) is 35.7 cm³/mol. The Kier molecular flexibility index (Phi) is 1.78. The first kappa shape index (κ1) is 7.68. The fourth-order valence-electron chi connectivity index (χ4n) is 0.923. The lowest BCUT2D eigenvalue weighted by molar-refractivity contribution is -0.128. The molecule has 0 aromatic heterocycles. The number of sulfonamides is 1. The summed E-state index contributed by atoms with van der Waals surface area (Å²) in [6, 6.07) is 0. The maximum absolute atomic E-state index is 10.6. The van der Waals surface area contributed by atoms with E-state index in [0.717, 1.165) is 0 Å². The third kappa shape index (κ3) is 1.78. The predicted octanol–water partition coefficient (Wildman–Crippen LogP) is -0.746. The maximum atomic E-state index is 10.6. The van der Waals surface area contributed by atoms with Crippen molar-refractivity contribution >= 4 is 15.8 Å². The second-order valence-electron chi connectivity index (χ2n) is 2.53. The molecule has 0 saturated heterocycles. The Morgan fingerprint density at radius 1 is 1.60 bits per heavy atom. The molecule has 58 valence electrons. The van der Waals surface area contributed by atoms with E-state index in [9.17, 15) is 13.2 Å². The molecule has 1 saturated carbocycles. The van der Waals surface area contributed by atoms with Gasteiger partial charge in [0.2, 0.25) is 10.0 Å². The normalized spacial score (nSPS) is 26.1. The molecule has 1 atom stereocenters. The van der Waals surface area contributed by atoms with Gasteiger partial charge in [-0.2, -0.15) is 0 Å². The van der Waals surface area contributed by atoms with E-state index in [1.54, 1.807) is 0 Å². The van der Waals surface area contributed by atoms with Gasteiger partial charge >= 0.3 is 0 Å². The van der Waals surface area contributed by atoms with Crippen molar-refractivity contribution < 1.29 is 13.2 Å². The van der Waals surface area contributed by atoms with Crippen LogP contribution >= 0.6 is 0 Å². The zero-order chi connectivity index (χ0) is 7.78. The molecule has 1 aliphatic rings. The van der Waals surface area contributed by atoms with Crippen molar-refractivity contribution in [2.24, 2.45) is 11.1 Å². The van der Waals surface area contributed by atoms with Crippen molar-refractivity contribution in [2.75, 3.05) is 5.75 Å². The first-order valence-electron chi connectivity index (χ1n) is 3.02. The highest BCUT2D eigenvalue weighted by molar-refractivity contribution is 7.89. The molecule has 5 heteroatoms. The molecule has 0 aromatic carbocycles. The largest absolute Gasteiger partial charge is 0.299 e. The van der Waals surface area contributed by atoms with Crippen molar-refractivity contribution in [3.05, 3.63) is 0 Å². The van der Waals surface area contributed by atoms with Gasteiger partial charge in [-0.1, -0.05) is 0 Å². The van der Waals surface area contributed by atoms with Crippen molar-refractivity contribution in [3.63, 3.8) is 0 Å². The van der Waals surface area contributed by atoms with Gasteiger partial charge in [0.05, 0.1) is 5.75 Å². The number of ketones is 1. The molecule has 1 fully saturated rings. The standard InChI is InChI=1S/C5H9NO3S/c6-10(8,9)3-4-1-2-5(4)7/h4H,1-3H2,(H2,6,8,9). The van der Waals surface area contributed by atoms with E-state index in [1.165, 1.54) is 0 Å². The Morgan fingerprint density at radius 2 is 2.20 bits per heavy atom. The molecular formula is C5H9NO3S. The van der Waals surface area contributed by atoms with Gasteiger partial charge in [0.1, 0.15) is 5.78 Å². The van der Waals surface area contributed by atoms with Gasteiger partial charge in [0, 0.05) is 12.3 Å². The third-order valence-electron chi connectivity index (χ3n) is 1.63. The molecule has 0 aliphatic heterocycles. The summed E-state index contributed by atoms with van der Waals surface area (Å²) < 4.78 is 20.8. The van der Waals surface area contributed by atoms with E-state index in [-0.39, 0.29) is 17.5 Å². The number of hydrogen-bond donors (Lipinski definition) is 1. The number of carbonyl (C=O) groups is 1. The second kappa shape index (κ2) is 2.32. The highest BCUT2D eigenvalue weighted by Gasteiger charge is 2.30. The maximum Gasteiger partial charge on any atom is 0.209 e. The van der Waals surface area contributed by atoms with Crippen LogP contribution in [0.2, 0.25) is 0 Å². The van der Waals surface area contributed by atoms with Crippen molar-refractivity contribution in [3.8, 4) is 0 Å². The Labute approximate surface area is 59.5 Å². The molecule has 0 aromatic rings. The zero-order valence-corrected chi connectivity index (χ0v) is 6.23. The van der Waals surface area contributed by atoms with Gasteiger partial charge < -0.3 is 0 Å². The lowest BCUT2D eigenvalue weighted by Crippen LogP contribution is -2.34. The summed E-state index contributed by atoms with van der Waals surface area (Å²) >= 11 is 0. The van der Waals surface area contributed by atoms with Gasteiger partial charge in [-0.05, 0) is 6.42 Å². The van der Waals surface area contributed by atoms with E-state index >= 15 is 0 Å². The Morgan fingerprint density at radius 3 is 2.30 bits per heavy atom. The summed E-state index contributed by atoms with van der Waals surface area (Å²) in [4.78, 5) is 10.6. The number of rotatable bonds is 2. The summed E-state index contributed by atoms with van der Waals surface area (Å²) in [5.74, 6) is -0.463. The molecule has 1 aliphatic carbocycles. The van der Waals surface area contributed by atoms with E-state index < -0.39 is 10.0 Å². The molecule has 10 heavy (non-hydrogen) atoms. The smallest absolute Gasteiger partial charge is 0.209 e. The molecule has 1 rings (SSSR count). The van der Waals surface area contributed by atoms with Crippen LogP contribution in [-0.2, 0) is 14.8 Å². The van der Waals surface area contributed by atoms with E-state index in [1.807, 2.05) is 0 Å². The van der Waals surface area contributed by atoms with Crippen molar-refractivity contribution in [2.45, 2.75) is 12.8 Å². The fourth-order valence-corrected chi connectivity index (χ4v) is 1.84. The topological polar surface area (TPSA) is 77.2 Å². The third-order valence-corrected chi connectivity index (χ3v) is 2.50. The van der Waals surface area contributed by atoms with Crippen molar-refractivity contribution in [1.82, 2.24) is 0 Å². The Hall–Kier alpha value is -0.420. The monoisotopic (exact) mass is 163 g/mol. The summed E-state index contributed by atoms with van der Waals surface area (Å²) in [7, 11) is -3.44. The second-order valence-corrected chi connectivity index (χ2v) is 4.19. The Balaban J connectivity index is 2.48. The van der Waals surface area contributed by atoms with Gasteiger partial charge in [-0.25, -0.2) is 13.6 Å². The van der Waals surface area contributed by atoms with Crippen LogP contribution in [0.5, 0.6) is 0 Å². The number of nitrogens with two attached hydrogens (primary N) is 1. The number of hydrogen-bond acceptors (Lipinski definition) is 3. The van der Waals surface area contributed by atoms with Crippen molar-refractivity contribution in [1.29, 1.82) is 0 Å². The molecule has 0 spiro atoms. The molecule has 0 bridgehead atoms. The summed E-state index contributed by atoms with van der Waals surface area (Å²) in [5.41, 5.74) is 0. The van der Waals surface area contributed by atoms with Crippen LogP contribution in [0.15, 0.2) is 0 Å². The average molecular weight is 163 g/mol. The van der Waals surface area contributed by atoms with Crippen LogP contribution in [0.3, 0.4) is 0 Å². The molecule has 1 unspecified atom stereocenters. The SMILES string of the molecule is NS(=O)(=O)CC1CCC1=O. The van der Waals surface area contributed by atoms with Gasteiger partial charge in [0.15, 0.2) is 0 Å². The van der Waals surface area contributed by atoms with E-state index in [4.69, 9.17) is 5.14 Å². The first-order chi connectivity index (χ1) is 4.49. The lowest BCUT2D eigenvalue weighted by Gasteiger charge is -2.21. The molecule has 0 radical (unpaired) electrons. The minimum atomic E-state index is -3.44. The van der Waals surface area contributed by atoms with Crippen LogP contribution in [0, 0.1) is 5.92 Å². The summed E-state index contributed by atoms with van der Waals surface area (Å²) in [5, 5.41) is 4.73. The summed E-state index contributed by atoms with van der Waals surface area (Å²) in [6.45, 7) is 0. The minimum Gasteiger partial charge on any atom is -0.299 e. The van der Waals surface area contributed by atoms with Crippen LogP contribution in [-0.4, -0.2) is 20.0 Å².